The van der Waals surface area contributed by atoms with Gasteiger partial charge in [-0.25, -0.2) is 0 Å². The molecular weight excluding hydrogens is 522 g/mol. The molecule has 3 aromatic rings. The fourth-order valence-electron chi connectivity index (χ4n) is 5.53. The standard InChI is InChI=1S/C31H33N5O5/c1-2-19-14-26(36(18-19)31(41)25-15-21-10-6-7-11-23(21)34-25)29(39)35-24(16-22-12-13-32-28(22)38)27(37)30(40)33-17-20-8-4-3-5-9-20/h2-11,15,19,22,24,26,34H,1,12-14,16-18H2,(H,32,38)(H,33,40)(H,35,39). The first kappa shape index (κ1) is 27.8. The molecule has 0 aliphatic carbocycles. The summed E-state index contributed by atoms with van der Waals surface area (Å²) >= 11 is 0. The molecule has 3 heterocycles. The third-order valence-corrected chi connectivity index (χ3v) is 7.83. The van der Waals surface area contributed by atoms with Crippen LogP contribution in [0.5, 0.6) is 0 Å². The van der Waals surface area contributed by atoms with Gasteiger partial charge in [0.15, 0.2) is 0 Å². The Morgan fingerprint density at radius 2 is 1.83 bits per heavy atom. The monoisotopic (exact) mass is 555 g/mol. The summed E-state index contributed by atoms with van der Waals surface area (Å²) in [5, 5.41) is 8.94. The molecule has 2 saturated heterocycles. The number of rotatable bonds is 10. The van der Waals surface area contributed by atoms with Crippen LogP contribution in [0.25, 0.3) is 10.9 Å². The molecule has 4 amide bonds. The first-order valence-corrected chi connectivity index (χ1v) is 13.8. The van der Waals surface area contributed by atoms with Crippen molar-refractivity contribution in [3.8, 4) is 0 Å². The van der Waals surface area contributed by atoms with E-state index in [1.165, 1.54) is 4.90 Å². The molecule has 5 rings (SSSR count). The second-order valence-corrected chi connectivity index (χ2v) is 10.6. The maximum atomic E-state index is 13.7. The molecule has 4 N–H and O–H groups in total. The molecule has 2 fully saturated rings. The predicted octanol–water partition coefficient (Wildman–Crippen LogP) is 2.08. The molecule has 212 valence electrons. The van der Waals surface area contributed by atoms with Gasteiger partial charge in [-0.2, -0.15) is 0 Å². The van der Waals surface area contributed by atoms with Gasteiger partial charge in [-0.3, -0.25) is 24.0 Å². The molecule has 1 aromatic heterocycles. The van der Waals surface area contributed by atoms with Crippen LogP contribution in [0.2, 0.25) is 0 Å². The first-order chi connectivity index (χ1) is 19.8. The lowest BCUT2D eigenvalue weighted by atomic mass is 9.94. The van der Waals surface area contributed by atoms with Gasteiger partial charge in [-0.1, -0.05) is 54.6 Å². The Hall–Kier alpha value is -4.73. The summed E-state index contributed by atoms with van der Waals surface area (Å²) in [4.78, 5) is 70.3. The van der Waals surface area contributed by atoms with E-state index in [0.29, 0.717) is 25.1 Å². The van der Waals surface area contributed by atoms with E-state index in [1.54, 1.807) is 12.1 Å². The van der Waals surface area contributed by atoms with E-state index in [4.69, 9.17) is 0 Å². The van der Waals surface area contributed by atoms with Gasteiger partial charge in [0.2, 0.25) is 17.6 Å². The van der Waals surface area contributed by atoms with Crippen molar-refractivity contribution in [3.63, 3.8) is 0 Å². The molecule has 0 saturated carbocycles. The normalized spacial score (nSPS) is 20.8. The molecule has 2 aliphatic heterocycles. The van der Waals surface area contributed by atoms with Crippen LogP contribution >= 0.6 is 0 Å². The van der Waals surface area contributed by atoms with Gasteiger partial charge < -0.3 is 25.8 Å². The van der Waals surface area contributed by atoms with Crippen molar-refractivity contribution in [3.05, 3.63) is 84.6 Å². The maximum absolute atomic E-state index is 13.7. The van der Waals surface area contributed by atoms with Crippen molar-refractivity contribution in [2.24, 2.45) is 11.8 Å². The minimum atomic E-state index is -1.22. The van der Waals surface area contributed by atoms with Gasteiger partial charge in [0.05, 0.1) is 6.04 Å². The number of benzene rings is 2. The number of likely N-dealkylation sites (tertiary alicyclic amines) is 1. The van der Waals surface area contributed by atoms with E-state index in [2.05, 4.69) is 27.5 Å². The zero-order chi connectivity index (χ0) is 28.9. The second kappa shape index (κ2) is 12.2. The van der Waals surface area contributed by atoms with Crippen LogP contribution in [-0.2, 0) is 25.7 Å². The van der Waals surface area contributed by atoms with Crippen LogP contribution in [-0.4, -0.2) is 64.5 Å². The molecule has 10 nitrogen and oxygen atoms in total. The van der Waals surface area contributed by atoms with Gasteiger partial charge in [0.25, 0.3) is 11.8 Å². The number of H-pyrrole nitrogens is 1. The molecule has 2 aromatic carbocycles. The summed E-state index contributed by atoms with van der Waals surface area (Å²) in [7, 11) is 0. The number of hydrogen-bond donors (Lipinski definition) is 4. The van der Waals surface area contributed by atoms with Crippen LogP contribution in [0.4, 0.5) is 0 Å². The summed E-state index contributed by atoms with van der Waals surface area (Å²) in [5.41, 5.74) is 1.97. The van der Waals surface area contributed by atoms with Gasteiger partial charge in [-0.05, 0) is 42.9 Å². The largest absolute Gasteiger partial charge is 0.356 e. The topological polar surface area (TPSA) is 140 Å². The van der Waals surface area contributed by atoms with Gasteiger partial charge in [0, 0.05) is 36.5 Å². The van der Waals surface area contributed by atoms with Crippen molar-refractivity contribution >= 4 is 40.3 Å². The number of amides is 4. The lowest BCUT2D eigenvalue weighted by molar-refractivity contribution is -0.141. The number of nitrogens with one attached hydrogen (secondary N) is 4. The summed E-state index contributed by atoms with van der Waals surface area (Å²) in [6.07, 6.45) is 2.52. The Balaban J connectivity index is 1.33. The lowest BCUT2D eigenvalue weighted by Gasteiger charge is -2.26. The Kier molecular flexibility index (Phi) is 8.28. The number of ketones is 1. The fraction of sp³-hybridized carbons (Fsp3) is 0.323. The molecule has 41 heavy (non-hydrogen) atoms. The number of para-hydroxylation sites is 1. The number of carbonyl (C=O) groups excluding carboxylic acids is 5. The van der Waals surface area contributed by atoms with E-state index in [-0.39, 0.29) is 37.2 Å². The minimum absolute atomic E-state index is 0.0112. The number of fused-ring (bicyclic) bond motifs is 1. The van der Waals surface area contributed by atoms with Crippen LogP contribution in [0, 0.1) is 11.8 Å². The highest BCUT2D eigenvalue weighted by molar-refractivity contribution is 6.38. The first-order valence-electron chi connectivity index (χ1n) is 13.8. The molecule has 10 heteroatoms. The number of carbonyl (C=O) groups is 5. The Bertz CT molecular complexity index is 1450. The molecule has 4 atom stereocenters. The summed E-state index contributed by atoms with van der Waals surface area (Å²) in [6, 6.07) is 16.3. The van der Waals surface area contributed by atoms with Crippen LogP contribution < -0.4 is 16.0 Å². The summed E-state index contributed by atoms with van der Waals surface area (Å²) in [6.45, 7) is 4.74. The third kappa shape index (κ3) is 6.21. The number of aromatic amines is 1. The lowest BCUT2D eigenvalue weighted by Crippen LogP contribution is -2.54. The number of aromatic nitrogens is 1. The highest BCUT2D eigenvalue weighted by atomic mass is 16.2. The average molecular weight is 556 g/mol. The predicted molar refractivity (Wildman–Crippen MR) is 152 cm³/mol. The molecular formula is C31H33N5O5. The van der Waals surface area contributed by atoms with Crippen LogP contribution in [0.3, 0.4) is 0 Å². The van der Waals surface area contributed by atoms with Crippen molar-refractivity contribution < 1.29 is 24.0 Å². The Morgan fingerprint density at radius 1 is 1.07 bits per heavy atom. The smallest absolute Gasteiger partial charge is 0.289 e. The zero-order valence-electron chi connectivity index (χ0n) is 22.6. The Morgan fingerprint density at radius 3 is 2.54 bits per heavy atom. The van der Waals surface area contributed by atoms with E-state index in [1.807, 2.05) is 54.6 Å². The van der Waals surface area contributed by atoms with Crippen molar-refractivity contribution in [2.45, 2.75) is 37.9 Å². The number of Topliss-reactive ketones (excluding diaryl/α,β-unsaturated/α-hetero) is 1. The minimum Gasteiger partial charge on any atom is -0.356 e. The number of hydrogen-bond acceptors (Lipinski definition) is 5. The zero-order valence-corrected chi connectivity index (χ0v) is 22.6. The van der Waals surface area contributed by atoms with Gasteiger partial charge in [-0.15, -0.1) is 6.58 Å². The second-order valence-electron chi connectivity index (χ2n) is 10.6. The van der Waals surface area contributed by atoms with E-state index in [0.717, 1.165) is 16.5 Å². The maximum Gasteiger partial charge on any atom is 0.289 e. The van der Waals surface area contributed by atoms with E-state index >= 15 is 0 Å². The summed E-state index contributed by atoms with van der Waals surface area (Å²) in [5.74, 6) is -3.43. The SMILES string of the molecule is C=CC1CC(C(=O)NC(CC2CCNC2=O)C(=O)C(=O)NCc2ccccc2)N(C(=O)c2cc3ccccc3[nH]2)C1. The van der Waals surface area contributed by atoms with Crippen molar-refractivity contribution in [1.29, 1.82) is 0 Å². The highest BCUT2D eigenvalue weighted by Gasteiger charge is 2.42. The Labute approximate surface area is 237 Å². The molecule has 0 bridgehead atoms. The fourth-order valence-corrected chi connectivity index (χ4v) is 5.53. The summed E-state index contributed by atoms with van der Waals surface area (Å²) < 4.78 is 0. The van der Waals surface area contributed by atoms with Crippen molar-refractivity contribution in [2.75, 3.05) is 13.1 Å². The average Bonchev–Trinajstić information content (AvgIpc) is 3.73. The quantitative estimate of drug-likeness (QED) is 0.224. The van der Waals surface area contributed by atoms with Crippen LogP contribution in [0.15, 0.2) is 73.3 Å². The van der Waals surface area contributed by atoms with E-state index < -0.39 is 35.6 Å². The van der Waals surface area contributed by atoms with E-state index in [9.17, 15) is 24.0 Å². The molecule has 2 aliphatic rings. The van der Waals surface area contributed by atoms with Crippen molar-refractivity contribution in [1.82, 2.24) is 25.8 Å². The molecule has 0 spiro atoms. The van der Waals surface area contributed by atoms with Gasteiger partial charge in [0.1, 0.15) is 11.7 Å². The van der Waals surface area contributed by atoms with Gasteiger partial charge >= 0.3 is 0 Å². The third-order valence-electron chi connectivity index (χ3n) is 7.83. The number of nitrogens with zero attached hydrogens (tertiary/aromatic N) is 1. The molecule has 0 radical (unpaired) electrons. The molecule has 4 unspecified atom stereocenters. The highest BCUT2D eigenvalue weighted by Crippen LogP contribution is 2.28. The van der Waals surface area contributed by atoms with Crippen LogP contribution in [0.1, 0.15) is 35.3 Å².